The quantitative estimate of drug-likeness (QED) is 0.864. The zero-order valence-corrected chi connectivity index (χ0v) is 11.0. The molecule has 0 aliphatic heterocycles. The normalized spacial score (nSPS) is 10.7. The predicted octanol–water partition coefficient (Wildman–Crippen LogP) is 3.15. The summed E-state index contributed by atoms with van der Waals surface area (Å²) in [5.41, 5.74) is 2.31. The number of aromatic nitrogens is 3. The van der Waals surface area contributed by atoms with E-state index in [4.69, 9.17) is 0 Å². The van der Waals surface area contributed by atoms with Gasteiger partial charge in [0, 0.05) is 16.4 Å². The first-order valence-electron chi connectivity index (χ1n) is 5.44. The molecule has 0 unspecified atom stereocenters. The minimum Gasteiger partial charge on any atom is -0.236 e. The average molecular weight is 280 g/mol. The van der Waals surface area contributed by atoms with Crippen LogP contribution >= 0.6 is 15.9 Å². The molecule has 0 fully saturated rings. The lowest BCUT2D eigenvalue weighted by Gasteiger charge is -2.04. The van der Waals surface area contributed by atoms with Crippen molar-refractivity contribution in [2.24, 2.45) is 0 Å². The number of rotatable bonds is 3. The van der Waals surface area contributed by atoms with Gasteiger partial charge in [-0.1, -0.05) is 13.8 Å². The Morgan fingerprint density at radius 3 is 2.62 bits per heavy atom. The molecule has 0 radical (unpaired) electrons. The molecule has 0 atom stereocenters. The predicted molar refractivity (Wildman–Crippen MR) is 67.8 cm³/mol. The molecule has 2 aromatic heterocycles. The number of aryl methyl sites for hydroxylation is 2. The molecule has 0 saturated carbocycles. The second-order valence-electron chi connectivity index (χ2n) is 3.58. The monoisotopic (exact) mass is 279 g/mol. The molecule has 0 aromatic carbocycles. The van der Waals surface area contributed by atoms with Crippen molar-refractivity contribution >= 4 is 15.9 Å². The molecular weight excluding hydrogens is 266 g/mol. The third kappa shape index (κ3) is 2.16. The first-order chi connectivity index (χ1) is 7.74. The lowest BCUT2D eigenvalue weighted by molar-refractivity contribution is 0.772. The largest absolute Gasteiger partial charge is 0.236 e. The van der Waals surface area contributed by atoms with E-state index in [-0.39, 0.29) is 0 Å². The van der Waals surface area contributed by atoms with Gasteiger partial charge in [0.05, 0.1) is 5.69 Å². The van der Waals surface area contributed by atoms with Gasteiger partial charge in [-0.25, -0.2) is 9.67 Å². The third-order valence-corrected chi connectivity index (χ3v) is 2.96. The molecule has 0 amide bonds. The zero-order valence-electron chi connectivity index (χ0n) is 9.44. The number of hydrogen-bond acceptors (Lipinski definition) is 2. The van der Waals surface area contributed by atoms with E-state index >= 15 is 0 Å². The first-order valence-corrected chi connectivity index (χ1v) is 6.23. The van der Waals surface area contributed by atoms with E-state index in [0.29, 0.717) is 0 Å². The van der Waals surface area contributed by atoms with Crippen LogP contribution in [0.5, 0.6) is 0 Å². The molecule has 0 aliphatic rings. The Hall–Kier alpha value is -1.16. The summed E-state index contributed by atoms with van der Waals surface area (Å²) in [5.74, 6) is 0.875. The van der Waals surface area contributed by atoms with Gasteiger partial charge in [0.1, 0.15) is 0 Å². The van der Waals surface area contributed by atoms with E-state index in [2.05, 4.69) is 45.9 Å². The van der Waals surface area contributed by atoms with E-state index in [1.54, 1.807) is 6.20 Å². The van der Waals surface area contributed by atoms with Crippen molar-refractivity contribution in [2.45, 2.75) is 26.7 Å². The van der Waals surface area contributed by atoms with Gasteiger partial charge in [0.2, 0.25) is 0 Å². The summed E-state index contributed by atoms with van der Waals surface area (Å²) in [6.07, 6.45) is 3.71. The topological polar surface area (TPSA) is 30.7 Å². The molecule has 0 N–H and O–H groups in total. The van der Waals surface area contributed by atoms with Crippen molar-refractivity contribution in [1.82, 2.24) is 14.8 Å². The van der Waals surface area contributed by atoms with Crippen molar-refractivity contribution in [3.63, 3.8) is 0 Å². The number of hydrogen-bond donors (Lipinski definition) is 0. The second-order valence-corrected chi connectivity index (χ2v) is 4.50. The van der Waals surface area contributed by atoms with Crippen LogP contribution in [0, 0.1) is 0 Å². The van der Waals surface area contributed by atoms with Crippen molar-refractivity contribution in [3.05, 3.63) is 40.3 Å². The fraction of sp³-hybridized carbons (Fsp3) is 0.333. The highest BCUT2D eigenvalue weighted by atomic mass is 79.9. The van der Waals surface area contributed by atoms with Crippen molar-refractivity contribution < 1.29 is 0 Å². The van der Waals surface area contributed by atoms with Crippen LogP contribution in [-0.2, 0) is 12.8 Å². The van der Waals surface area contributed by atoms with Crippen molar-refractivity contribution in [2.75, 3.05) is 0 Å². The highest BCUT2D eigenvalue weighted by Gasteiger charge is 2.07. The van der Waals surface area contributed by atoms with E-state index in [9.17, 15) is 0 Å². The Morgan fingerprint density at radius 1 is 1.25 bits per heavy atom. The molecule has 84 valence electrons. The van der Waals surface area contributed by atoms with Gasteiger partial charge < -0.3 is 0 Å². The second kappa shape index (κ2) is 4.78. The lowest BCUT2D eigenvalue weighted by Crippen LogP contribution is -2.03. The molecular formula is C12H14BrN3. The van der Waals surface area contributed by atoms with E-state index in [0.717, 1.165) is 28.8 Å². The lowest BCUT2D eigenvalue weighted by atomic mass is 10.2. The van der Waals surface area contributed by atoms with Crippen LogP contribution in [0.15, 0.2) is 28.9 Å². The molecule has 3 nitrogen and oxygen atoms in total. The van der Waals surface area contributed by atoms with Crippen molar-refractivity contribution in [1.29, 1.82) is 0 Å². The number of nitrogens with zero attached hydrogens (tertiary/aromatic N) is 3. The maximum absolute atomic E-state index is 4.54. The summed E-state index contributed by atoms with van der Waals surface area (Å²) >= 11 is 3.38. The highest BCUT2D eigenvalue weighted by Crippen LogP contribution is 2.14. The highest BCUT2D eigenvalue weighted by molar-refractivity contribution is 9.10. The Labute approximate surface area is 104 Å². The maximum atomic E-state index is 4.54. The number of halogens is 1. The summed E-state index contributed by atoms with van der Waals surface area (Å²) in [5, 5.41) is 4.54. The van der Waals surface area contributed by atoms with Crippen LogP contribution in [0.1, 0.15) is 25.2 Å². The van der Waals surface area contributed by atoms with Crippen LogP contribution in [0.25, 0.3) is 5.82 Å². The molecule has 0 bridgehead atoms. The van der Waals surface area contributed by atoms with Crippen LogP contribution in [0.3, 0.4) is 0 Å². The molecule has 16 heavy (non-hydrogen) atoms. The SMILES string of the molecule is CCc1cc(CC)n(-c2ccc(Br)cn2)n1. The van der Waals surface area contributed by atoms with Crippen LogP contribution in [-0.4, -0.2) is 14.8 Å². The minimum atomic E-state index is 0.875. The van der Waals surface area contributed by atoms with E-state index in [1.165, 1.54) is 5.69 Å². The van der Waals surface area contributed by atoms with E-state index < -0.39 is 0 Å². The molecule has 2 heterocycles. The summed E-state index contributed by atoms with van der Waals surface area (Å²) in [7, 11) is 0. The van der Waals surface area contributed by atoms with Gasteiger partial charge in [-0.2, -0.15) is 5.10 Å². The van der Waals surface area contributed by atoms with Gasteiger partial charge >= 0.3 is 0 Å². The Bertz CT molecular complexity index is 474. The average Bonchev–Trinajstić information content (AvgIpc) is 2.73. The van der Waals surface area contributed by atoms with Gasteiger partial charge in [-0.3, -0.25) is 0 Å². The molecule has 0 saturated heterocycles. The molecule has 4 heteroatoms. The fourth-order valence-electron chi connectivity index (χ4n) is 1.59. The van der Waals surface area contributed by atoms with Gasteiger partial charge in [0.15, 0.2) is 5.82 Å². The standard InChI is InChI=1S/C12H14BrN3/c1-3-10-7-11(4-2)16(15-10)12-6-5-9(13)8-14-12/h5-8H,3-4H2,1-2H3. The molecule has 0 spiro atoms. The van der Waals surface area contributed by atoms with Gasteiger partial charge in [-0.05, 0) is 47.0 Å². The summed E-state index contributed by atoms with van der Waals surface area (Å²) in [4.78, 5) is 4.36. The van der Waals surface area contributed by atoms with Gasteiger partial charge in [-0.15, -0.1) is 0 Å². The van der Waals surface area contributed by atoms with Crippen LogP contribution < -0.4 is 0 Å². The maximum Gasteiger partial charge on any atom is 0.153 e. The summed E-state index contributed by atoms with van der Waals surface area (Å²) < 4.78 is 2.91. The third-order valence-electron chi connectivity index (χ3n) is 2.49. The van der Waals surface area contributed by atoms with Gasteiger partial charge in [0.25, 0.3) is 0 Å². The van der Waals surface area contributed by atoms with E-state index in [1.807, 2.05) is 16.8 Å². The first kappa shape index (κ1) is 11.3. The smallest absolute Gasteiger partial charge is 0.153 e. The zero-order chi connectivity index (χ0) is 11.5. The Kier molecular flexibility index (Phi) is 3.39. The summed E-state index contributed by atoms with van der Waals surface area (Å²) in [6.45, 7) is 4.24. The molecule has 0 aliphatic carbocycles. The van der Waals surface area contributed by atoms with Crippen molar-refractivity contribution in [3.8, 4) is 5.82 Å². The Morgan fingerprint density at radius 2 is 2.06 bits per heavy atom. The molecule has 2 rings (SSSR count). The van der Waals surface area contributed by atoms with Crippen LogP contribution in [0.2, 0.25) is 0 Å². The number of pyridine rings is 1. The van der Waals surface area contributed by atoms with Crippen LogP contribution in [0.4, 0.5) is 0 Å². The Balaban J connectivity index is 2.45. The minimum absolute atomic E-state index is 0.875. The summed E-state index contributed by atoms with van der Waals surface area (Å²) in [6, 6.07) is 6.09. The fourth-order valence-corrected chi connectivity index (χ4v) is 1.83. The molecule has 2 aromatic rings.